The van der Waals surface area contributed by atoms with Gasteiger partial charge in [0, 0.05) is 26.4 Å². The van der Waals surface area contributed by atoms with Gasteiger partial charge in [0.15, 0.2) is 11.5 Å². The number of esters is 1. The molecule has 1 fully saturated rings. The Morgan fingerprint density at radius 3 is 1.86 bits per heavy atom. The Labute approximate surface area is 260 Å². The highest BCUT2D eigenvalue weighted by Gasteiger charge is 2.50. The zero-order valence-electron chi connectivity index (χ0n) is 27.6. The minimum Gasteiger partial charge on any atom is -0.493 e. The number of carbonyl (C=O) groups excluding carboxylic acids is 1. The summed E-state index contributed by atoms with van der Waals surface area (Å²) in [6.45, 7) is 13.6. The third-order valence-electron chi connectivity index (χ3n) is 7.32. The first-order chi connectivity index (χ1) is 21.0. The van der Waals surface area contributed by atoms with Gasteiger partial charge in [-0.1, -0.05) is 66.7 Å². The third kappa shape index (κ3) is 12.9. The Balaban J connectivity index is 2.37. The second-order valence-electron chi connectivity index (χ2n) is 11.0. The molecule has 9 nitrogen and oxygen atoms in total. The molecule has 1 heterocycles. The summed E-state index contributed by atoms with van der Waals surface area (Å²) in [5.74, 6) is 0.515. The highest BCUT2D eigenvalue weighted by molar-refractivity contribution is 5.90. The highest BCUT2D eigenvalue weighted by Crippen LogP contribution is 2.32. The van der Waals surface area contributed by atoms with Crippen LogP contribution in [0.5, 0.6) is 11.5 Å². The van der Waals surface area contributed by atoms with E-state index in [2.05, 4.69) is 34.6 Å². The van der Waals surface area contributed by atoms with Crippen LogP contribution in [-0.2, 0) is 28.4 Å². The molecule has 0 amide bonds. The molecule has 2 rings (SSSR count). The molecule has 1 aromatic carbocycles. The van der Waals surface area contributed by atoms with Gasteiger partial charge in [0.1, 0.15) is 24.4 Å². The maximum absolute atomic E-state index is 13.6. The molecule has 0 aliphatic carbocycles. The zero-order valence-corrected chi connectivity index (χ0v) is 27.6. The number of hydrogen-bond donors (Lipinski definition) is 0. The Morgan fingerprint density at radius 1 is 0.698 bits per heavy atom. The van der Waals surface area contributed by atoms with E-state index in [1.165, 1.54) is 0 Å². The van der Waals surface area contributed by atoms with Crippen molar-refractivity contribution < 1.29 is 42.7 Å². The molecule has 0 aromatic heterocycles. The predicted molar refractivity (Wildman–Crippen MR) is 167 cm³/mol. The van der Waals surface area contributed by atoms with Crippen LogP contribution >= 0.6 is 0 Å². The lowest BCUT2D eigenvalue weighted by atomic mass is 9.98. The molecule has 0 radical (unpaired) electrons. The van der Waals surface area contributed by atoms with Crippen molar-refractivity contribution in [1.82, 2.24) is 0 Å². The molecule has 1 aliphatic heterocycles. The van der Waals surface area contributed by atoms with Crippen molar-refractivity contribution in [2.24, 2.45) is 0 Å². The van der Waals surface area contributed by atoms with E-state index in [9.17, 15) is 4.79 Å². The van der Waals surface area contributed by atoms with Crippen molar-refractivity contribution in [1.29, 1.82) is 0 Å². The van der Waals surface area contributed by atoms with Crippen LogP contribution in [0, 0.1) is 0 Å². The van der Waals surface area contributed by atoms with Crippen LogP contribution < -0.4 is 9.47 Å². The fraction of sp³-hybridized carbons (Fsp3) is 0.794. The first kappa shape index (κ1) is 37.3. The van der Waals surface area contributed by atoms with Crippen LogP contribution in [0.15, 0.2) is 18.2 Å². The monoisotopic (exact) mass is 610 g/mol. The van der Waals surface area contributed by atoms with Crippen molar-refractivity contribution in [3.8, 4) is 11.5 Å². The fourth-order valence-electron chi connectivity index (χ4n) is 4.63. The molecular weight excluding hydrogens is 552 g/mol. The summed E-state index contributed by atoms with van der Waals surface area (Å²) in [6.07, 6.45) is 6.45. The van der Waals surface area contributed by atoms with E-state index in [-0.39, 0.29) is 0 Å². The van der Waals surface area contributed by atoms with Gasteiger partial charge in [-0.25, -0.2) is 4.79 Å². The van der Waals surface area contributed by atoms with Crippen LogP contribution in [-0.4, -0.2) is 83.4 Å². The van der Waals surface area contributed by atoms with Gasteiger partial charge in [0.25, 0.3) is 0 Å². The number of carbonyl (C=O) groups is 1. The molecule has 248 valence electrons. The number of methoxy groups -OCH3 is 1. The maximum Gasteiger partial charge on any atom is 0.340 e. The van der Waals surface area contributed by atoms with Gasteiger partial charge >= 0.3 is 5.97 Å². The summed E-state index contributed by atoms with van der Waals surface area (Å²) >= 11 is 0. The standard InChI is InChI=1S/C34H58O9/c1-7-12-19-37-25-29-30(39-21-14-9-3)31(40-22-15-10-4)32(41-23-16-11-5)34(42-29)43-33(35)26-17-18-27(36-6)28(24-26)38-20-13-8-2/h17-18,24,29-32,34H,7-16,19-23,25H2,1-6H3. The molecule has 9 heteroatoms. The van der Waals surface area contributed by atoms with Crippen LogP contribution in [0.1, 0.15) is 109 Å². The van der Waals surface area contributed by atoms with Gasteiger partial charge in [0.05, 0.1) is 25.9 Å². The molecule has 0 saturated carbocycles. The maximum atomic E-state index is 13.6. The van der Waals surface area contributed by atoms with Crippen LogP contribution in [0.4, 0.5) is 0 Å². The zero-order chi connectivity index (χ0) is 31.3. The van der Waals surface area contributed by atoms with E-state index in [4.69, 9.17) is 37.9 Å². The highest BCUT2D eigenvalue weighted by atomic mass is 16.7. The van der Waals surface area contributed by atoms with E-state index >= 15 is 0 Å². The predicted octanol–water partition coefficient (Wildman–Crippen LogP) is 7.13. The van der Waals surface area contributed by atoms with Gasteiger partial charge < -0.3 is 37.9 Å². The second-order valence-corrected chi connectivity index (χ2v) is 11.0. The molecule has 43 heavy (non-hydrogen) atoms. The van der Waals surface area contributed by atoms with Gasteiger partial charge in [-0.15, -0.1) is 0 Å². The number of ether oxygens (including phenoxy) is 8. The lowest BCUT2D eigenvalue weighted by Crippen LogP contribution is -2.62. The first-order valence-electron chi connectivity index (χ1n) is 16.6. The van der Waals surface area contributed by atoms with Gasteiger partial charge in [-0.3, -0.25) is 0 Å². The van der Waals surface area contributed by atoms with Crippen LogP contribution in [0.25, 0.3) is 0 Å². The summed E-state index contributed by atoms with van der Waals surface area (Å²) in [5, 5.41) is 0. The minimum absolute atomic E-state index is 0.304. The summed E-state index contributed by atoms with van der Waals surface area (Å²) < 4.78 is 49.2. The Hall–Kier alpha value is -1.91. The molecule has 0 spiro atoms. The average molecular weight is 611 g/mol. The van der Waals surface area contributed by atoms with Crippen molar-refractivity contribution in [2.75, 3.05) is 46.8 Å². The van der Waals surface area contributed by atoms with Crippen molar-refractivity contribution in [3.63, 3.8) is 0 Å². The number of hydrogen-bond acceptors (Lipinski definition) is 9. The summed E-state index contributed by atoms with van der Waals surface area (Å²) in [6, 6.07) is 5.04. The van der Waals surface area contributed by atoms with E-state index in [1.54, 1.807) is 25.3 Å². The van der Waals surface area contributed by atoms with E-state index in [1.807, 2.05) is 0 Å². The molecule has 0 N–H and O–H groups in total. The minimum atomic E-state index is -1.01. The van der Waals surface area contributed by atoms with Crippen LogP contribution in [0.2, 0.25) is 0 Å². The van der Waals surface area contributed by atoms with E-state index in [0.29, 0.717) is 56.7 Å². The SMILES string of the molecule is CCCCOCC1OC(OC(=O)c2ccc(OC)c(OCCCC)c2)C(OCCCC)C(OCCCC)C1OCCCC. The second kappa shape index (κ2) is 22.6. The molecule has 1 saturated heterocycles. The van der Waals surface area contributed by atoms with Gasteiger partial charge in [-0.05, 0) is 50.3 Å². The third-order valence-corrected chi connectivity index (χ3v) is 7.32. The summed E-state index contributed by atoms with van der Waals surface area (Å²) in [4.78, 5) is 13.6. The molecular formula is C34H58O9. The first-order valence-corrected chi connectivity index (χ1v) is 16.6. The topological polar surface area (TPSA) is 90.9 Å². The van der Waals surface area contributed by atoms with E-state index in [0.717, 1.165) is 64.2 Å². The largest absolute Gasteiger partial charge is 0.493 e. The summed E-state index contributed by atoms with van der Waals surface area (Å²) in [5.41, 5.74) is 0.337. The van der Waals surface area contributed by atoms with Crippen LogP contribution in [0.3, 0.4) is 0 Å². The normalized spacial score (nSPS) is 22.0. The van der Waals surface area contributed by atoms with Gasteiger partial charge in [-0.2, -0.15) is 0 Å². The lowest BCUT2D eigenvalue weighted by Gasteiger charge is -2.45. The quantitative estimate of drug-likeness (QED) is 0.0895. The van der Waals surface area contributed by atoms with E-state index < -0.39 is 36.7 Å². The van der Waals surface area contributed by atoms with Crippen molar-refractivity contribution in [2.45, 2.75) is 130 Å². The number of rotatable bonds is 24. The Morgan fingerprint density at radius 2 is 1.26 bits per heavy atom. The average Bonchev–Trinajstić information content (AvgIpc) is 3.01. The van der Waals surface area contributed by atoms with Gasteiger partial charge in [0.2, 0.25) is 6.29 Å². The molecule has 1 aliphatic rings. The molecule has 5 atom stereocenters. The Kier molecular flexibility index (Phi) is 19.6. The lowest BCUT2D eigenvalue weighted by molar-refractivity contribution is -0.310. The summed E-state index contributed by atoms with van der Waals surface area (Å²) in [7, 11) is 1.58. The number of unbranched alkanes of at least 4 members (excludes halogenated alkanes) is 5. The smallest absolute Gasteiger partial charge is 0.340 e. The number of benzene rings is 1. The Bertz CT molecular complexity index is 864. The molecule has 0 bridgehead atoms. The molecule has 5 unspecified atom stereocenters. The van der Waals surface area contributed by atoms with Crippen molar-refractivity contribution in [3.05, 3.63) is 23.8 Å². The van der Waals surface area contributed by atoms with Crippen molar-refractivity contribution >= 4 is 5.97 Å². The fourth-order valence-corrected chi connectivity index (χ4v) is 4.63. The molecule has 1 aromatic rings.